The normalized spacial score (nSPS) is 15.4. The van der Waals surface area contributed by atoms with Crippen molar-refractivity contribution in [2.75, 3.05) is 13.7 Å². The number of rotatable bonds is 6. The highest BCUT2D eigenvalue weighted by molar-refractivity contribution is 14.1. The van der Waals surface area contributed by atoms with E-state index in [0.717, 1.165) is 30.9 Å². The third-order valence-corrected chi connectivity index (χ3v) is 6.27. The molecule has 0 spiro atoms. The first-order valence-corrected chi connectivity index (χ1v) is 11.1. The Kier molecular flexibility index (Phi) is 7.05. The number of benzene rings is 2. The summed E-state index contributed by atoms with van der Waals surface area (Å²) in [6.45, 7) is 2.56. The number of amides is 2. The maximum Gasteiger partial charge on any atom is 0.293 e. The van der Waals surface area contributed by atoms with E-state index >= 15 is 0 Å². The number of nitrogens with zero attached hydrogens (tertiary/aromatic N) is 1. The van der Waals surface area contributed by atoms with E-state index in [-0.39, 0.29) is 11.1 Å². The molecule has 1 saturated heterocycles. The summed E-state index contributed by atoms with van der Waals surface area (Å²) < 4.78 is 13.3. The van der Waals surface area contributed by atoms with Gasteiger partial charge in [-0.05, 0) is 82.7 Å². The lowest BCUT2D eigenvalue weighted by molar-refractivity contribution is -0.122. The van der Waals surface area contributed by atoms with Crippen LogP contribution in [-0.4, -0.2) is 29.7 Å². The first kappa shape index (κ1) is 21.2. The van der Waals surface area contributed by atoms with Crippen molar-refractivity contribution in [1.82, 2.24) is 4.90 Å². The average Bonchev–Trinajstić information content (AvgIpc) is 2.94. The van der Waals surface area contributed by atoms with E-state index in [4.69, 9.17) is 9.47 Å². The zero-order valence-electron chi connectivity index (χ0n) is 15.2. The molecule has 0 aromatic heterocycles. The van der Waals surface area contributed by atoms with Crippen LogP contribution in [0, 0.1) is 3.57 Å². The van der Waals surface area contributed by atoms with Gasteiger partial charge in [0.15, 0.2) is 11.5 Å². The Morgan fingerprint density at radius 1 is 1.21 bits per heavy atom. The molecule has 0 saturated carbocycles. The second kappa shape index (κ2) is 9.32. The van der Waals surface area contributed by atoms with Crippen molar-refractivity contribution in [2.45, 2.75) is 13.5 Å². The van der Waals surface area contributed by atoms with Crippen molar-refractivity contribution in [1.29, 1.82) is 0 Å². The van der Waals surface area contributed by atoms with Crippen LogP contribution < -0.4 is 9.47 Å². The monoisotopic (exact) mass is 573 g/mol. The van der Waals surface area contributed by atoms with Crippen LogP contribution in [0.25, 0.3) is 6.08 Å². The molecule has 2 aromatic rings. The summed E-state index contributed by atoms with van der Waals surface area (Å²) in [7, 11) is 1.58. The number of likely N-dealkylation sites (N-methyl/N-ethyl adjacent to an activating group) is 1. The smallest absolute Gasteiger partial charge is 0.293 e. The van der Waals surface area contributed by atoms with Gasteiger partial charge in [0, 0.05) is 11.0 Å². The highest BCUT2D eigenvalue weighted by atomic mass is 127. The highest BCUT2D eigenvalue weighted by Crippen LogP contribution is 2.37. The van der Waals surface area contributed by atoms with Crippen molar-refractivity contribution in [2.24, 2.45) is 0 Å². The quantitative estimate of drug-likeness (QED) is 0.328. The van der Waals surface area contributed by atoms with E-state index in [9.17, 15) is 9.59 Å². The van der Waals surface area contributed by atoms with Crippen molar-refractivity contribution in [3.05, 3.63) is 60.5 Å². The summed E-state index contributed by atoms with van der Waals surface area (Å²) in [5.41, 5.74) is 1.82. The zero-order valence-corrected chi connectivity index (χ0v) is 19.8. The van der Waals surface area contributed by atoms with Gasteiger partial charge >= 0.3 is 0 Å². The summed E-state index contributed by atoms with van der Waals surface area (Å²) in [4.78, 5) is 25.8. The predicted molar refractivity (Wildman–Crippen MR) is 123 cm³/mol. The highest BCUT2D eigenvalue weighted by Gasteiger charge is 2.33. The fraction of sp³-hybridized carbons (Fsp3) is 0.200. The van der Waals surface area contributed by atoms with Crippen molar-refractivity contribution in [3.63, 3.8) is 0 Å². The molecular weight excluding hydrogens is 557 g/mol. The van der Waals surface area contributed by atoms with Gasteiger partial charge < -0.3 is 9.47 Å². The molecule has 1 heterocycles. The number of halogens is 2. The first-order valence-electron chi connectivity index (χ1n) is 8.43. The van der Waals surface area contributed by atoms with Crippen molar-refractivity contribution in [3.8, 4) is 11.5 Å². The molecule has 0 aliphatic carbocycles. The van der Waals surface area contributed by atoms with Gasteiger partial charge in [-0.15, -0.1) is 0 Å². The van der Waals surface area contributed by atoms with Gasteiger partial charge in [0.1, 0.15) is 6.61 Å². The number of methoxy groups -OCH3 is 1. The van der Waals surface area contributed by atoms with E-state index in [1.54, 1.807) is 26.2 Å². The van der Waals surface area contributed by atoms with Gasteiger partial charge in [-0.2, -0.15) is 0 Å². The minimum absolute atomic E-state index is 0.241. The van der Waals surface area contributed by atoms with Gasteiger partial charge in [0.05, 0.1) is 15.6 Å². The molecule has 2 aromatic carbocycles. The van der Waals surface area contributed by atoms with E-state index in [0.29, 0.717) is 29.6 Å². The molecule has 0 unspecified atom stereocenters. The molecule has 8 heteroatoms. The Hall–Kier alpha value is -1.52. The van der Waals surface area contributed by atoms with Gasteiger partial charge in [-0.1, -0.05) is 28.1 Å². The van der Waals surface area contributed by atoms with Crippen molar-refractivity contribution >= 4 is 67.5 Å². The van der Waals surface area contributed by atoms with Gasteiger partial charge in [0.25, 0.3) is 11.1 Å². The summed E-state index contributed by atoms with van der Waals surface area (Å²) in [5.74, 6) is 0.955. The summed E-state index contributed by atoms with van der Waals surface area (Å²) in [5, 5.41) is -0.241. The average molecular weight is 574 g/mol. The molecule has 2 amide bonds. The van der Waals surface area contributed by atoms with Crippen LogP contribution in [0.3, 0.4) is 0 Å². The van der Waals surface area contributed by atoms with Crippen LogP contribution >= 0.6 is 50.3 Å². The number of hydrogen-bond acceptors (Lipinski definition) is 5. The molecule has 0 radical (unpaired) electrons. The molecule has 0 N–H and O–H groups in total. The maximum absolute atomic E-state index is 12.3. The second-order valence-electron chi connectivity index (χ2n) is 5.88. The molecule has 1 aliphatic heterocycles. The Balaban J connectivity index is 1.83. The molecule has 28 heavy (non-hydrogen) atoms. The molecule has 3 rings (SSSR count). The van der Waals surface area contributed by atoms with Crippen LogP contribution in [0.4, 0.5) is 4.79 Å². The Bertz CT molecular complexity index is 946. The SMILES string of the molecule is CCN1C(=O)S/C(=C/c2cc(I)c(OCc3ccc(Br)cc3)c(OC)c2)C1=O. The maximum atomic E-state index is 12.3. The fourth-order valence-electron chi connectivity index (χ4n) is 2.62. The van der Waals surface area contributed by atoms with E-state index < -0.39 is 0 Å². The Morgan fingerprint density at radius 3 is 2.54 bits per heavy atom. The lowest BCUT2D eigenvalue weighted by Crippen LogP contribution is -2.27. The Morgan fingerprint density at radius 2 is 1.93 bits per heavy atom. The topological polar surface area (TPSA) is 55.8 Å². The van der Waals surface area contributed by atoms with Crippen molar-refractivity contribution < 1.29 is 19.1 Å². The van der Waals surface area contributed by atoms with Gasteiger partial charge in [-0.3, -0.25) is 14.5 Å². The zero-order chi connectivity index (χ0) is 20.3. The number of ether oxygens (including phenoxy) is 2. The van der Waals surface area contributed by atoms with E-state index in [1.165, 1.54) is 4.90 Å². The number of carbonyl (C=O) groups is 2. The molecule has 0 atom stereocenters. The predicted octanol–water partition coefficient (Wildman–Crippen LogP) is 5.70. The Labute approximate surface area is 189 Å². The molecule has 1 aliphatic rings. The molecule has 0 bridgehead atoms. The molecule has 1 fully saturated rings. The summed E-state index contributed by atoms with van der Waals surface area (Å²) in [6.07, 6.45) is 1.71. The molecular formula is C20H17BrINO4S. The number of thioether (sulfide) groups is 1. The van der Waals surface area contributed by atoms with Crippen LogP contribution in [-0.2, 0) is 11.4 Å². The number of hydrogen-bond donors (Lipinski definition) is 0. The summed E-state index contributed by atoms with van der Waals surface area (Å²) in [6, 6.07) is 11.6. The van der Waals surface area contributed by atoms with Crippen LogP contribution in [0.15, 0.2) is 45.8 Å². The standard InChI is InChI=1S/C20H17BrINO4S/c1-3-23-19(24)17(28-20(23)25)10-13-8-15(22)18(16(9-13)26-2)27-11-12-4-6-14(21)7-5-12/h4-10H,3,11H2,1-2H3/b17-10+. The minimum atomic E-state index is -0.262. The fourth-order valence-corrected chi connectivity index (χ4v) is 4.57. The molecule has 146 valence electrons. The van der Waals surface area contributed by atoms with E-state index in [1.807, 2.05) is 30.3 Å². The van der Waals surface area contributed by atoms with Crippen LogP contribution in [0.2, 0.25) is 0 Å². The largest absolute Gasteiger partial charge is 0.493 e. The lowest BCUT2D eigenvalue weighted by atomic mass is 10.1. The third kappa shape index (κ3) is 4.72. The van der Waals surface area contributed by atoms with Gasteiger partial charge in [-0.25, -0.2) is 0 Å². The lowest BCUT2D eigenvalue weighted by Gasteiger charge is -2.14. The second-order valence-corrected chi connectivity index (χ2v) is 8.95. The number of carbonyl (C=O) groups excluding carboxylic acids is 2. The van der Waals surface area contributed by atoms with Gasteiger partial charge in [0.2, 0.25) is 0 Å². The van der Waals surface area contributed by atoms with E-state index in [2.05, 4.69) is 38.5 Å². The summed E-state index contributed by atoms with van der Waals surface area (Å²) >= 11 is 6.55. The number of imide groups is 1. The first-order chi connectivity index (χ1) is 13.4. The third-order valence-electron chi connectivity index (χ3n) is 4.04. The minimum Gasteiger partial charge on any atom is -0.493 e. The van der Waals surface area contributed by atoms with Crippen LogP contribution in [0.5, 0.6) is 11.5 Å². The van der Waals surface area contributed by atoms with Crippen LogP contribution in [0.1, 0.15) is 18.1 Å². The molecule has 5 nitrogen and oxygen atoms in total.